The molecule has 106 valence electrons. The Balaban J connectivity index is 1.77. The van der Waals surface area contributed by atoms with Crippen molar-refractivity contribution in [2.24, 2.45) is 0 Å². The van der Waals surface area contributed by atoms with Crippen molar-refractivity contribution in [2.45, 2.75) is 6.54 Å². The first-order chi connectivity index (χ1) is 10.1. The third-order valence-corrected chi connectivity index (χ3v) is 3.18. The fourth-order valence-electron chi connectivity index (χ4n) is 2.09. The Morgan fingerprint density at radius 3 is 2.67 bits per heavy atom. The lowest BCUT2D eigenvalue weighted by atomic mass is 10.1. The van der Waals surface area contributed by atoms with E-state index in [0.29, 0.717) is 22.2 Å². The minimum Gasteiger partial charge on any atom is -0.348 e. The molecule has 1 amide bonds. The van der Waals surface area contributed by atoms with Gasteiger partial charge in [-0.05, 0) is 24.3 Å². The summed E-state index contributed by atoms with van der Waals surface area (Å²) in [5.41, 5.74) is 1.68. The number of halogens is 1. The van der Waals surface area contributed by atoms with Crippen molar-refractivity contribution >= 4 is 16.9 Å². The first-order valence-electron chi connectivity index (χ1n) is 6.37. The van der Waals surface area contributed by atoms with E-state index in [1.165, 1.54) is 6.07 Å². The zero-order valence-electron chi connectivity index (χ0n) is 10.9. The SMILES string of the molecule is O=C(NCc1ccccc1F)c1ccc2[nH]c(=O)[nH]c2c1. The number of hydrogen-bond acceptors (Lipinski definition) is 2. The van der Waals surface area contributed by atoms with Crippen molar-refractivity contribution < 1.29 is 9.18 Å². The van der Waals surface area contributed by atoms with E-state index in [-0.39, 0.29) is 24.0 Å². The summed E-state index contributed by atoms with van der Waals surface area (Å²) < 4.78 is 13.5. The first kappa shape index (κ1) is 13.1. The minimum absolute atomic E-state index is 0.104. The predicted octanol–water partition coefficient (Wildman–Crippen LogP) is 1.93. The molecule has 6 heteroatoms. The molecule has 5 nitrogen and oxygen atoms in total. The number of fused-ring (bicyclic) bond motifs is 1. The summed E-state index contributed by atoms with van der Waals surface area (Å²) in [4.78, 5) is 28.4. The topological polar surface area (TPSA) is 77.8 Å². The third kappa shape index (κ3) is 2.69. The highest BCUT2D eigenvalue weighted by molar-refractivity contribution is 5.97. The Bertz CT molecular complexity index is 866. The summed E-state index contributed by atoms with van der Waals surface area (Å²) in [5.74, 6) is -0.689. The fourth-order valence-corrected chi connectivity index (χ4v) is 2.09. The van der Waals surface area contributed by atoms with Gasteiger partial charge >= 0.3 is 5.69 Å². The molecular formula is C15H12FN3O2. The van der Waals surface area contributed by atoms with Crippen molar-refractivity contribution in [3.63, 3.8) is 0 Å². The van der Waals surface area contributed by atoms with Crippen LogP contribution in [0.15, 0.2) is 47.3 Å². The van der Waals surface area contributed by atoms with E-state index in [1.54, 1.807) is 36.4 Å². The van der Waals surface area contributed by atoms with Gasteiger partial charge in [0.2, 0.25) is 0 Å². The monoisotopic (exact) mass is 285 g/mol. The van der Waals surface area contributed by atoms with Crippen molar-refractivity contribution in [3.05, 3.63) is 69.9 Å². The second kappa shape index (κ2) is 5.24. The van der Waals surface area contributed by atoms with E-state index in [2.05, 4.69) is 15.3 Å². The van der Waals surface area contributed by atoms with Gasteiger partial charge in [-0.25, -0.2) is 9.18 Å². The molecule has 0 aliphatic carbocycles. The second-order valence-electron chi connectivity index (χ2n) is 4.61. The summed E-state index contributed by atoms with van der Waals surface area (Å²) in [5, 5.41) is 2.65. The number of H-pyrrole nitrogens is 2. The number of hydrogen-bond donors (Lipinski definition) is 3. The van der Waals surface area contributed by atoms with Gasteiger partial charge in [-0.1, -0.05) is 18.2 Å². The zero-order valence-corrected chi connectivity index (χ0v) is 10.9. The Labute approximate surface area is 118 Å². The van der Waals surface area contributed by atoms with Crippen molar-refractivity contribution in [1.82, 2.24) is 15.3 Å². The van der Waals surface area contributed by atoms with Crippen molar-refractivity contribution in [1.29, 1.82) is 0 Å². The summed E-state index contributed by atoms with van der Waals surface area (Å²) >= 11 is 0. The minimum atomic E-state index is -0.358. The molecule has 0 unspecified atom stereocenters. The number of imidazole rings is 1. The zero-order chi connectivity index (χ0) is 14.8. The number of carbonyl (C=O) groups excluding carboxylic acids is 1. The van der Waals surface area contributed by atoms with Crippen LogP contribution in [0.2, 0.25) is 0 Å². The Hall–Kier alpha value is -2.89. The normalized spacial score (nSPS) is 10.7. The highest BCUT2D eigenvalue weighted by Crippen LogP contribution is 2.11. The number of aromatic nitrogens is 2. The molecular weight excluding hydrogens is 273 g/mol. The van der Waals surface area contributed by atoms with E-state index >= 15 is 0 Å². The molecule has 0 atom stereocenters. The number of benzene rings is 2. The molecule has 3 N–H and O–H groups in total. The van der Waals surface area contributed by atoms with Crippen molar-refractivity contribution in [2.75, 3.05) is 0 Å². The predicted molar refractivity (Wildman–Crippen MR) is 76.5 cm³/mol. The average Bonchev–Trinajstić information content (AvgIpc) is 2.85. The number of aromatic amines is 2. The fraction of sp³-hybridized carbons (Fsp3) is 0.0667. The quantitative estimate of drug-likeness (QED) is 0.687. The van der Waals surface area contributed by atoms with Gasteiger partial charge in [0, 0.05) is 17.7 Å². The van der Waals surface area contributed by atoms with Crippen LogP contribution in [0.3, 0.4) is 0 Å². The largest absolute Gasteiger partial charge is 0.348 e. The van der Waals surface area contributed by atoms with E-state index < -0.39 is 0 Å². The second-order valence-corrected chi connectivity index (χ2v) is 4.61. The number of rotatable bonds is 3. The van der Waals surface area contributed by atoms with Crippen LogP contribution in [0.1, 0.15) is 15.9 Å². The maximum absolute atomic E-state index is 13.5. The van der Waals surface area contributed by atoms with Gasteiger partial charge in [0.1, 0.15) is 5.82 Å². The Kier molecular flexibility index (Phi) is 3.27. The Morgan fingerprint density at radius 1 is 1.10 bits per heavy atom. The molecule has 0 aliphatic heterocycles. The van der Waals surface area contributed by atoms with Crippen molar-refractivity contribution in [3.8, 4) is 0 Å². The van der Waals surface area contributed by atoms with Crippen LogP contribution in [0.4, 0.5) is 4.39 Å². The van der Waals surface area contributed by atoms with Crippen LogP contribution in [-0.2, 0) is 6.54 Å². The molecule has 0 aliphatic rings. The molecule has 0 radical (unpaired) electrons. The number of carbonyl (C=O) groups is 1. The highest BCUT2D eigenvalue weighted by Gasteiger charge is 2.08. The summed E-state index contributed by atoms with van der Waals surface area (Å²) in [7, 11) is 0. The maximum Gasteiger partial charge on any atom is 0.323 e. The molecule has 1 aromatic heterocycles. The molecule has 1 heterocycles. The standard InChI is InChI=1S/C15H12FN3O2/c16-11-4-2-1-3-10(11)8-17-14(20)9-5-6-12-13(7-9)19-15(21)18-12/h1-7H,8H2,(H,17,20)(H2,18,19,21). The van der Waals surface area contributed by atoms with Crippen LogP contribution in [0, 0.1) is 5.82 Å². The highest BCUT2D eigenvalue weighted by atomic mass is 19.1. The molecule has 0 fully saturated rings. The van der Waals surface area contributed by atoms with E-state index in [4.69, 9.17) is 0 Å². The number of amides is 1. The van der Waals surface area contributed by atoms with Crippen LogP contribution in [-0.4, -0.2) is 15.9 Å². The number of nitrogens with one attached hydrogen (secondary N) is 3. The van der Waals surface area contributed by atoms with Gasteiger partial charge in [0.25, 0.3) is 5.91 Å². The van der Waals surface area contributed by atoms with Gasteiger partial charge in [0.15, 0.2) is 0 Å². The Morgan fingerprint density at radius 2 is 1.86 bits per heavy atom. The average molecular weight is 285 g/mol. The molecule has 2 aromatic carbocycles. The van der Waals surface area contributed by atoms with E-state index in [0.717, 1.165) is 0 Å². The van der Waals surface area contributed by atoms with Gasteiger partial charge in [0.05, 0.1) is 11.0 Å². The molecule has 0 saturated carbocycles. The summed E-state index contributed by atoms with van der Waals surface area (Å²) in [6, 6.07) is 11.1. The molecule has 0 spiro atoms. The maximum atomic E-state index is 13.5. The van der Waals surface area contributed by atoms with Gasteiger partial charge in [-0.15, -0.1) is 0 Å². The van der Waals surface area contributed by atoms with Gasteiger partial charge in [-0.2, -0.15) is 0 Å². The summed E-state index contributed by atoms with van der Waals surface area (Å²) in [6.07, 6.45) is 0. The summed E-state index contributed by atoms with van der Waals surface area (Å²) in [6.45, 7) is 0.104. The van der Waals surface area contributed by atoms with Crippen LogP contribution in [0.5, 0.6) is 0 Å². The molecule has 0 bridgehead atoms. The van der Waals surface area contributed by atoms with E-state index in [9.17, 15) is 14.0 Å². The van der Waals surface area contributed by atoms with Crippen LogP contribution in [0.25, 0.3) is 11.0 Å². The van der Waals surface area contributed by atoms with E-state index in [1.807, 2.05) is 0 Å². The van der Waals surface area contributed by atoms with Crippen LogP contribution >= 0.6 is 0 Å². The van der Waals surface area contributed by atoms with Gasteiger partial charge in [-0.3, -0.25) is 4.79 Å². The lowest BCUT2D eigenvalue weighted by molar-refractivity contribution is 0.0950. The van der Waals surface area contributed by atoms with Crippen LogP contribution < -0.4 is 11.0 Å². The third-order valence-electron chi connectivity index (χ3n) is 3.18. The molecule has 0 saturated heterocycles. The lowest BCUT2D eigenvalue weighted by Gasteiger charge is -2.06. The molecule has 3 rings (SSSR count). The molecule has 21 heavy (non-hydrogen) atoms. The lowest BCUT2D eigenvalue weighted by Crippen LogP contribution is -2.23. The van der Waals surface area contributed by atoms with Gasteiger partial charge < -0.3 is 15.3 Å². The molecule has 3 aromatic rings. The smallest absolute Gasteiger partial charge is 0.323 e. The first-order valence-corrected chi connectivity index (χ1v) is 6.37.